The van der Waals surface area contributed by atoms with Crippen molar-refractivity contribution in [2.45, 2.75) is 13.1 Å². The SMILES string of the molecule is Cn1cc2c(-c3ccc(Cn4cnc5ncccc5c4=O)c(F)c3)cccc2n1.O=c1c2ccccc2ncn1Cc1ccc(-c2cnc3ccccn23)cc1F. The van der Waals surface area contributed by atoms with Crippen molar-refractivity contribution in [3.63, 3.8) is 0 Å². The third kappa shape index (κ3) is 6.71. The molecule has 57 heavy (non-hydrogen) atoms. The van der Waals surface area contributed by atoms with E-state index in [4.69, 9.17) is 0 Å². The molecule has 10 rings (SSSR count). The minimum absolute atomic E-state index is 0.0971. The topological polar surface area (TPSA) is 118 Å². The molecule has 0 radical (unpaired) electrons. The average Bonchev–Trinajstić information content (AvgIpc) is 3.85. The molecule has 0 saturated carbocycles. The monoisotopic (exact) mass is 755 g/mol. The number of hydrogen-bond donors (Lipinski definition) is 0. The molecule has 0 bridgehead atoms. The molecule has 0 aliphatic heterocycles. The summed E-state index contributed by atoms with van der Waals surface area (Å²) in [5.74, 6) is -0.745. The lowest BCUT2D eigenvalue weighted by molar-refractivity contribution is 0.595. The normalized spacial score (nSPS) is 11.4. The predicted octanol–water partition coefficient (Wildman–Crippen LogP) is 7.43. The number of benzene rings is 4. The second-order valence-electron chi connectivity index (χ2n) is 13.5. The summed E-state index contributed by atoms with van der Waals surface area (Å²) in [7, 11) is 1.86. The fraction of sp³-hybridized carbons (Fsp3) is 0.0682. The summed E-state index contributed by atoms with van der Waals surface area (Å²) in [6.07, 6.45) is 9.99. The molecule has 11 nitrogen and oxygen atoms in total. The molecule has 0 amide bonds. The van der Waals surface area contributed by atoms with Gasteiger partial charge in [0.05, 0.1) is 53.1 Å². The van der Waals surface area contributed by atoms with Gasteiger partial charge in [-0.05, 0) is 65.7 Å². The van der Waals surface area contributed by atoms with Gasteiger partial charge in [-0.15, -0.1) is 0 Å². The fourth-order valence-electron chi connectivity index (χ4n) is 6.93. The zero-order valence-corrected chi connectivity index (χ0v) is 30.4. The minimum Gasteiger partial charge on any atom is -0.300 e. The van der Waals surface area contributed by atoms with Gasteiger partial charge < -0.3 is 0 Å². The van der Waals surface area contributed by atoms with E-state index in [1.807, 2.05) is 78.4 Å². The van der Waals surface area contributed by atoms with Crippen molar-refractivity contribution in [2.75, 3.05) is 0 Å². The standard InChI is InChI=1S/C22H16FN5O.C22H15FN4O/c1-27-12-18-16(4-2-6-20(18)26-27)14-7-8-15(19(23)10-14)11-28-13-25-21-17(22(28)29)5-3-9-24-21;23-18-11-15(20-12-24-21-7-3-4-10-27(20)21)8-9-16(18)13-26-14-25-19-6-2-1-5-17(19)22(26)28/h2-10,12-13H,11H2,1H3;1-12,14H,13H2. The Balaban J connectivity index is 0.000000148. The molecule has 4 aromatic carbocycles. The number of halogens is 2. The first kappa shape index (κ1) is 35.1. The highest BCUT2D eigenvalue weighted by Crippen LogP contribution is 2.29. The Labute approximate surface area is 322 Å². The van der Waals surface area contributed by atoms with Crippen LogP contribution < -0.4 is 11.1 Å². The smallest absolute Gasteiger partial charge is 0.263 e. The largest absolute Gasteiger partial charge is 0.300 e. The summed E-state index contributed by atoms with van der Waals surface area (Å²) < 4.78 is 36.2. The van der Waals surface area contributed by atoms with Crippen LogP contribution in [0.1, 0.15) is 11.1 Å². The maximum atomic E-state index is 14.9. The Kier molecular flexibility index (Phi) is 8.93. The zero-order valence-electron chi connectivity index (χ0n) is 30.4. The van der Waals surface area contributed by atoms with Gasteiger partial charge in [0.2, 0.25) is 0 Å². The van der Waals surface area contributed by atoms with Gasteiger partial charge in [-0.3, -0.25) is 27.8 Å². The zero-order chi connectivity index (χ0) is 39.0. The van der Waals surface area contributed by atoms with E-state index in [2.05, 4.69) is 25.0 Å². The lowest BCUT2D eigenvalue weighted by Gasteiger charge is -2.10. The molecule has 0 spiro atoms. The van der Waals surface area contributed by atoms with Crippen molar-refractivity contribution >= 4 is 38.5 Å². The van der Waals surface area contributed by atoms with E-state index in [1.165, 1.54) is 33.9 Å². The number of imidazole rings is 1. The summed E-state index contributed by atoms with van der Waals surface area (Å²) >= 11 is 0. The Morgan fingerprint density at radius 3 is 2.11 bits per heavy atom. The molecular formula is C44H31F2N9O2. The van der Waals surface area contributed by atoms with E-state index < -0.39 is 0 Å². The molecule has 0 unspecified atom stereocenters. The van der Waals surface area contributed by atoms with Gasteiger partial charge in [-0.2, -0.15) is 5.10 Å². The van der Waals surface area contributed by atoms with Gasteiger partial charge >= 0.3 is 0 Å². The van der Waals surface area contributed by atoms with Gasteiger partial charge in [0, 0.05) is 47.7 Å². The molecule has 10 aromatic rings. The van der Waals surface area contributed by atoms with Gasteiger partial charge in [0.1, 0.15) is 23.6 Å². The summed E-state index contributed by atoms with van der Waals surface area (Å²) in [6.45, 7) is 0.218. The predicted molar refractivity (Wildman–Crippen MR) is 215 cm³/mol. The van der Waals surface area contributed by atoms with Crippen LogP contribution in [-0.4, -0.2) is 43.3 Å². The summed E-state index contributed by atoms with van der Waals surface area (Å²) in [5, 5.41) is 6.30. The minimum atomic E-state index is -0.374. The molecule has 0 saturated heterocycles. The van der Waals surface area contributed by atoms with E-state index in [9.17, 15) is 18.4 Å². The molecule has 0 aliphatic carbocycles. The third-order valence-electron chi connectivity index (χ3n) is 9.80. The van der Waals surface area contributed by atoms with E-state index in [0.717, 1.165) is 38.9 Å². The summed E-state index contributed by atoms with van der Waals surface area (Å²) in [5.41, 5.74) is 6.30. The van der Waals surface area contributed by atoms with Crippen LogP contribution in [0.2, 0.25) is 0 Å². The van der Waals surface area contributed by atoms with Crippen molar-refractivity contribution in [2.24, 2.45) is 7.05 Å². The first-order chi connectivity index (χ1) is 27.8. The van der Waals surface area contributed by atoms with Crippen LogP contribution in [0, 0.1) is 11.6 Å². The molecule has 0 atom stereocenters. The number of aromatic nitrogens is 9. The number of rotatable bonds is 6. The molecule has 278 valence electrons. The van der Waals surface area contributed by atoms with Gasteiger partial charge in [-0.1, -0.05) is 54.6 Å². The Bertz CT molecular complexity index is 3260. The van der Waals surface area contributed by atoms with E-state index in [0.29, 0.717) is 33.1 Å². The van der Waals surface area contributed by atoms with Crippen LogP contribution in [0.25, 0.3) is 60.9 Å². The Morgan fingerprint density at radius 1 is 0.614 bits per heavy atom. The van der Waals surface area contributed by atoms with E-state index >= 15 is 0 Å². The first-order valence-corrected chi connectivity index (χ1v) is 18.0. The van der Waals surface area contributed by atoms with Crippen LogP contribution >= 0.6 is 0 Å². The van der Waals surface area contributed by atoms with Crippen LogP contribution in [0.3, 0.4) is 0 Å². The lowest BCUT2D eigenvalue weighted by atomic mass is 10.0. The van der Waals surface area contributed by atoms with Crippen LogP contribution in [-0.2, 0) is 20.1 Å². The third-order valence-corrected chi connectivity index (χ3v) is 9.80. The van der Waals surface area contributed by atoms with Crippen LogP contribution in [0.4, 0.5) is 8.78 Å². The molecule has 0 N–H and O–H groups in total. The maximum absolute atomic E-state index is 14.9. The average molecular weight is 756 g/mol. The van der Waals surface area contributed by atoms with E-state index in [-0.39, 0.29) is 35.8 Å². The molecule has 6 heterocycles. The van der Waals surface area contributed by atoms with E-state index in [1.54, 1.807) is 59.5 Å². The number of hydrogen-bond acceptors (Lipinski definition) is 7. The molecule has 6 aromatic heterocycles. The van der Waals surface area contributed by atoms with Crippen LogP contribution in [0.5, 0.6) is 0 Å². The number of fused-ring (bicyclic) bond motifs is 4. The lowest BCUT2D eigenvalue weighted by Crippen LogP contribution is -2.21. The van der Waals surface area contributed by atoms with Gasteiger partial charge in [-0.25, -0.2) is 28.7 Å². The second-order valence-corrected chi connectivity index (χ2v) is 13.5. The fourth-order valence-corrected chi connectivity index (χ4v) is 6.93. The van der Waals surface area contributed by atoms with Crippen molar-refractivity contribution < 1.29 is 8.78 Å². The molecular weight excluding hydrogens is 725 g/mol. The number of nitrogens with zero attached hydrogens (tertiary/aromatic N) is 9. The second kappa shape index (κ2) is 14.5. The van der Waals surface area contributed by atoms with Crippen molar-refractivity contribution in [1.82, 2.24) is 43.3 Å². The molecule has 13 heteroatoms. The Hall–Kier alpha value is -7.67. The first-order valence-electron chi connectivity index (χ1n) is 18.0. The summed E-state index contributed by atoms with van der Waals surface area (Å²) in [4.78, 5) is 42.2. The van der Waals surface area contributed by atoms with Crippen molar-refractivity contribution in [3.8, 4) is 22.4 Å². The molecule has 0 fully saturated rings. The molecule has 0 aliphatic rings. The Morgan fingerprint density at radius 2 is 1.30 bits per heavy atom. The number of para-hydroxylation sites is 1. The number of aryl methyl sites for hydroxylation is 1. The highest BCUT2D eigenvalue weighted by molar-refractivity contribution is 5.94. The van der Waals surface area contributed by atoms with Crippen molar-refractivity contribution in [3.05, 3.63) is 190 Å². The van der Waals surface area contributed by atoms with Gasteiger partial charge in [0.15, 0.2) is 5.65 Å². The quantitative estimate of drug-likeness (QED) is 0.173. The highest BCUT2D eigenvalue weighted by atomic mass is 19.1. The van der Waals surface area contributed by atoms with Crippen molar-refractivity contribution in [1.29, 1.82) is 0 Å². The highest BCUT2D eigenvalue weighted by Gasteiger charge is 2.14. The summed E-state index contributed by atoms with van der Waals surface area (Å²) in [6, 6.07) is 32.1. The van der Waals surface area contributed by atoms with Crippen LogP contribution in [0.15, 0.2) is 156 Å². The van der Waals surface area contributed by atoms with Gasteiger partial charge in [0.25, 0.3) is 11.1 Å². The number of pyridine rings is 2. The maximum Gasteiger partial charge on any atom is 0.263 e.